The number of nitro groups is 1. The predicted octanol–water partition coefficient (Wildman–Crippen LogP) is 2.26. The van der Waals surface area contributed by atoms with Crippen molar-refractivity contribution in [1.29, 1.82) is 0 Å². The van der Waals surface area contributed by atoms with E-state index in [2.05, 4.69) is 10.4 Å². The lowest BCUT2D eigenvalue weighted by atomic mass is 10.1. The normalized spacial score (nSPS) is 16.0. The fraction of sp³-hybridized carbons (Fsp3) is 0.389. The molecule has 1 N–H and O–H groups in total. The average molecular weight is 388 g/mol. The lowest BCUT2D eigenvalue weighted by Gasteiger charge is -2.12. The first-order chi connectivity index (χ1) is 13.5. The summed E-state index contributed by atoms with van der Waals surface area (Å²) < 4.78 is 11.9. The molecule has 10 nitrogen and oxygen atoms in total. The number of nitro benzene ring substituents is 1. The number of hydrogen-bond donors (Lipinski definition) is 1. The first-order valence-electron chi connectivity index (χ1n) is 8.85. The zero-order valence-corrected chi connectivity index (χ0v) is 15.3. The molecule has 2 heterocycles. The molecule has 0 spiro atoms. The SMILES string of the molecule is CCOC(=O)c1cc(C(=O)Nc2ccnn2C[C@H]2CCOC2)cc([N+](=O)[O-])c1. The summed E-state index contributed by atoms with van der Waals surface area (Å²) in [5.74, 6) is -0.546. The highest BCUT2D eigenvalue weighted by atomic mass is 16.6. The number of esters is 1. The van der Waals surface area contributed by atoms with E-state index in [1.807, 2.05) is 0 Å². The van der Waals surface area contributed by atoms with E-state index in [1.54, 1.807) is 23.9 Å². The van der Waals surface area contributed by atoms with E-state index in [9.17, 15) is 19.7 Å². The van der Waals surface area contributed by atoms with Crippen molar-refractivity contribution in [3.8, 4) is 0 Å². The van der Waals surface area contributed by atoms with Crippen LogP contribution in [0.2, 0.25) is 0 Å². The van der Waals surface area contributed by atoms with E-state index in [0.717, 1.165) is 18.6 Å². The second-order valence-electron chi connectivity index (χ2n) is 6.33. The van der Waals surface area contributed by atoms with Crippen molar-refractivity contribution in [2.24, 2.45) is 5.92 Å². The van der Waals surface area contributed by atoms with Gasteiger partial charge in [-0.3, -0.25) is 14.9 Å². The quantitative estimate of drug-likeness (QED) is 0.438. The molecule has 0 aliphatic carbocycles. The Kier molecular flexibility index (Phi) is 5.99. The van der Waals surface area contributed by atoms with Crippen molar-refractivity contribution >= 4 is 23.4 Å². The molecule has 1 fully saturated rings. The van der Waals surface area contributed by atoms with Gasteiger partial charge in [-0.2, -0.15) is 5.10 Å². The summed E-state index contributed by atoms with van der Waals surface area (Å²) in [7, 11) is 0. The Morgan fingerprint density at radius 1 is 1.39 bits per heavy atom. The van der Waals surface area contributed by atoms with E-state index < -0.39 is 16.8 Å². The van der Waals surface area contributed by atoms with E-state index >= 15 is 0 Å². The molecule has 1 aromatic carbocycles. The maximum atomic E-state index is 12.7. The van der Waals surface area contributed by atoms with Crippen LogP contribution in [-0.4, -0.2) is 46.4 Å². The molecule has 1 aromatic heterocycles. The Morgan fingerprint density at radius 2 is 2.18 bits per heavy atom. The monoisotopic (exact) mass is 388 g/mol. The summed E-state index contributed by atoms with van der Waals surface area (Å²) in [6.45, 7) is 3.68. The highest BCUT2D eigenvalue weighted by Gasteiger charge is 2.21. The van der Waals surface area contributed by atoms with E-state index in [1.165, 1.54) is 6.07 Å². The molecule has 1 aliphatic rings. The molecule has 0 saturated carbocycles. The highest BCUT2D eigenvalue weighted by molar-refractivity contribution is 6.05. The van der Waals surface area contributed by atoms with Crippen LogP contribution < -0.4 is 5.32 Å². The minimum absolute atomic E-state index is 0.0193. The molecule has 28 heavy (non-hydrogen) atoms. The van der Waals surface area contributed by atoms with Crippen LogP contribution in [0.15, 0.2) is 30.5 Å². The number of non-ortho nitro benzene ring substituents is 1. The molecule has 3 rings (SSSR count). The molecule has 1 atom stereocenters. The van der Waals surface area contributed by atoms with Gasteiger partial charge in [-0.05, 0) is 19.4 Å². The van der Waals surface area contributed by atoms with Gasteiger partial charge in [0.15, 0.2) is 0 Å². The number of nitrogens with one attached hydrogen (secondary N) is 1. The molecule has 0 unspecified atom stereocenters. The number of benzene rings is 1. The summed E-state index contributed by atoms with van der Waals surface area (Å²) in [5.41, 5.74) is -0.445. The van der Waals surface area contributed by atoms with Gasteiger partial charge in [0.05, 0.1) is 29.9 Å². The fourth-order valence-electron chi connectivity index (χ4n) is 2.92. The zero-order chi connectivity index (χ0) is 20.1. The number of aromatic nitrogens is 2. The number of amides is 1. The molecular formula is C18H20N4O6. The number of rotatable bonds is 7. The number of hydrogen-bond acceptors (Lipinski definition) is 7. The van der Waals surface area contributed by atoms with Gasteiger partial charge < -0.3 is 14.8 Å². The summed E-state index contributed by atoms with van der Waals surface area (Å²) in [6, 6.07) is 5.10. The standard InChI is InChI=1S/C18H20N4O6/c1-2-28-18(24)14-7-13(8-15(9-14)22(25)26)17(23)20-16-3-5-19-21(16)10-12-4-6-27-11-12/h3,5,7-9,12H,2,4,6,10-11H2,1H3,(H,20,23)/t12-/m1/s1. The van der Waals surface area contributed by atoms with Crippen molar-refractivity contribution in [3.63, 3.8) is 0 Å². The van der Waals surface area contributed by atoms with Gasteiger partial charge in [-0.1, -0.05) is 0 Å². The Labute approximate surface area is 160 Å². The van der Waals surface area contributed by atoms with Crippen LogP contribution in [0.4, 0.5) is 11.5 Å². The van der Waals surface area contributed by atoms with Gasteiger partial charge in [-0.15, -0.1) is 0 Å². The average Bonchev–Trinajstić information content (AvgIpc) is 3.34. The summed E-state index contributed by atoms with van der Waals surface area (Å²) >= 11 is 0. The molecule has 10 heteroatoms. The van der Waals surface area contributed by atoms with Crippen molar-refractivity contribution in [1.82, 2.24) is 9.78 Å². The number of anilines is 1. The van der Waals surface area contributed by atoms with Gasteiger partial charge in [0.1, 0.15) is 5.82 Å². The van der Waals surface area contributed by atoms with Crippen LogP contribution in [0.25, 0.3) is 0 Å². The summed E-state index contributed by atoms with van der Waals surface area (Å²) in [4.78, 5) is 35.1. The van der Waals surface area contributed by atoms with Crippen LogP contribution in [-0.2, 0) is 16.0 Å². The zero-order valence-electron chi connectivity index (χ0n) is 15.3. The third kappa shape index (κ3) is 4.52. The second kappa shape index (κ2) is 8.61. The van der Waals surface area contributed by atoms with Gasteiger partial charge in [0.25, 0.3) is 11.6 Å². The molecule has 2 aromatic rings. The van der Waals surface area contributed by atoms with Crippen LogP contribution in [0.3, 0.4) is 0 Å². The largest absolute Gasteiger partial charge is 0.462 e. The summed E-state index contributed by atoms with van der Waals surface area (Å²) in [6.07, 6.45) is 2.48. The predicted molar refractivity (Wildman–Crippen MR) is 98.2 cm³/mol. The van der Waals surface area contributed by atoms with Crippen LogP contribution >= 0.6 is 0 Å². The molecule has 1 saturated heterocycles. The molecule has 148 valence electrons. The maximum absolute atomic E-state index is 12.7. The number of nitrogens with zero attached hydrogens (tertiary/aromatic N) is 3. The van der Waals surface area contributed by atoms with Crippen molar-refractivity contribution in [2.75, 3.05) is 25.1 Å². The topological polar surface area (TPSA) is 126 Å². The Morgan fingerprint density at radius 3 is 2.86 bits per heavy atom. The molecule has 1 amide bonds. The first-order valence-corrected chi connectivity index (χ1v) is 8.85. The Hall–Kier alpha value is -3.27. The van der Waals surface area contributed by atoms with Crippen LogP contribution in [0, 0.1) is 16.0 Å². The van der Waals surface area contributed by atoms with Crippen LogP contribution in [0.5, 0.6) is 0 Å². The molecule has 1 aliphatic heterocycles. The Balaban J connectivity index is 1.81. The van der Waals surface area contributed by atoms with Crippen LogP contribution in [0.1, 0.15) is 34.1 Å². The van der Waals surface area contributed by atoms with Gasteiger partial charge >= 0.3 is 5.97 Å². The van der Waals surface area contributed by atoms with Gasteiger partial charge in [-0.25, -0.2) is 9.48 Å². The Bertz CT molecular complexity index is 888. The number of ether oxygens (including phenoxy) is 2. The minimum Gasteiger partial charge on any atom is -0.462 e. The molecule has 0 bridgehead atoms. The minimum atomic E-state index is -0.730. The van der Waals surface area contributed by atoms with Crippen molar-refractivity contribution < 1.29 is 24.0 Å². The fourth-order valence-corrected chi connectivity index (χ4v) is 2.92. The lowest BCUT2D eigenvalue weighted by molar-refractivity contribution is -0.384. The van der Waals surface area contributed by atoms with Gasteiger partial charge in [0.2, 0.25) is 0 Å². The first kappa shape index (κ1) is 19.5. The van der Waals surface area contributed by atoms with E-state index in [0.29, 0.717) is 31.5 Å². The van der Waals surface area contributed by atoms with Crippen molar-refractivity contribution in [3.05, 3.63) is 51.7 Å². The molecular weight excluding hydrogens is 368 g/mol. The third-order valence-corrected chi connectivity index (χ3v) is 4.32. The smallest absolute Gasteiger partial charge is 0.338 e. The third-order valence-electron chi connectivity index (χ3n) is 4.32. The highest BCUT2D eigenvalue weighted by Crippen LogP contribution is 2.21. The number of carbonyl (C=O) groups excluding carboxylic acids is 2. The van der Waals surface area contributed by atoms with E-state index in [4.69, 9.17) is 9.47 Å². The maximum Gasteiger partial charge on any atom is 0.338 e. The van der Waals surface area contributed by atoms with E-state index in [-0.39, 0.29) is 23.4 Å². The number of carbonyl (C=O) groups is 2. The van der Waals surface area contributed by atoms with Gasteiger partial charge in [0, 0.05) is 42.8 Å². The summed E-state index contributed by atoms with van der Waals surface area (Å²) in [5, 5.41) is 18.1. The molecule has 0 radical (unpaired) electrons. The van der Waals surface area contributed by atoms with Crippen molar-refractivity contribution in [2.45, 2.75) is 19.9 Å². The second-order valence-corrected chi connectivity index (χ2v) is 6.33. The lowest BCUT2D eigenvalue weighted by Crippen LogP contribution is -2.19.